The molecular formula is C16H25N3S. The first-order valence-electron chi connectivity index (χ1n) is 7.41. The molecule has 2 atom stereocenters. The maximum absolute atomic E-state index is 5.92. The van der Waals surface area contributed by atoms with E-state index in [9.17, 15) is 0 Å². The zero-order valence-electron chi connectivity index (χ0n) is 12.9. The molecule has 1 heterocycles. The highest BCUT2D eigenvalue weighted by Gasteiger charge is 2.25. The number of nitrogens with zero attached hydrogens (tertiary/aromatic N) is 2. The smallest absolute Gasteiger partial charge is 0.139 e. The van der Waals surface area contributed by atoms with Gasteiger partial charge in [0, 0.05) is 18.8 Å². The average Bonchev–Trinajstić information content (AvgIpc) is 2.36. The molecule has 0 aromatic carbocycles. The highest BCUT2D eigenvalue weighted by molar-refractivity contribution is 7.80. The number of thiocarbonyl (C=S) groups is 1. The summed E-state index contributed by atoms with van der Waals surface area (Å²) in [4.78, 5) is 7.45. The maximum Gasteiger partial charge on any atom is 0.139 e. The molecule has 0 bridgehead atoms. The summed E-state index contributed by atoms with van der Waals surface area (Å²) in [7, 11) is 2.13. The molecule has 2 N–H and O–H groups in total. The highest BCUT2D eigenvalue weighted by Crippen LogP contribution is 2.31. The average molecular weight is 291 g/mol. The fourth-order valence-electron chi connectivity index (χ4n) is 3.30. The number of rotatable bonds is 3. The van der Waals surface area contributed by atoms with Crippen molar-refractivity contribution in [1.82, 2.24) is 4.98 Å². The fourth-order valence-corrected chi connectivity index (χ4v) is 3.56. The predicted molar refractivity (Wildman–Crippen MR) is 89.4 cm³/mol. The van der Waals surface area contributed by atoms with Gasteiger partial charge >= 0.3 is 0 Å². The van der Waals surface area contributed by atoms with E-state index in [2.05, 4.69) is 31.9 Å². The number of pyridine rings is 1. The molecule has 2 unspecified atom stereocenters. The second kappa shape index (κ2) is 6.08. The molecule has 0 amide bonds. The molecule has 0 spiro atoms. The summed E-state index contributed by atoms with van der Waals surface area (Å²) in [5.74, 6) is 1.74. The first-order valence-corrected chi connectivity index (χ1v) is 7.81. The van der Waals surface area contributed by atoms with Gasteiger partial charge in [-0.25, -0.2) is 4.98 Å². The molecule has 20 heavy (non-hydrogen) atoms. The Morgan fingerprint density at radius 1 is 1.40 bits per heavy atom. The van der Waals surface area contributed by atoms with Crippen LogP contribution in [0.3, 0.4) is 0 Å². The van der Waals surface area contributed by atoms with E-state index < -0.39 is 0 Å². The number of aryl methyl sites for hydroxylation is 2. The third-order valence-corrected chi connectivity index (χ3v) is 4.57. The summed E-state index contributed by atoms with van der Waals surface area (Å²) in [5.41, 5.74) is 9.00. The van der Waals surface area contributed by atoms with Crippen LogP contribution in [0.15, 0.2) is 6.07 Å². The van der Waals surface area contributed by atoms with Crippen molar-refractivity contribution < 1.29 is 0 Å². The number of hydrogen-bond donors (Lipinski definition) is 1. The summed E-state index contributed by atoms with van der Waals surface area (Å²) >= 11 is 5.24. The Hall–Kier alpha value is -1.16. The van der Waals surface area contributed by atoms with Gasteiger partial charge < -0.3 is 10.6 Å². The van der Waals surface area contributed by atoms with E-state index in [1.165, 1.54) is 25.7 Å². The van der Waals surface area contributed by atoms with Crippen LogP contribution >= 0.6 is 12.2 Å². The SMILES string of the molecule is Cc1cc(C)c(C(N)=S)c(N(C)C2CCCC(C)C2)n1. The summed E-state index contributed by atoms with van der Waals surface area (Å²) < 4.78 is 0. The molecule has 1 fully saturated rings. The van der Waals surface area contributed by atoms with Crippen LogP contribution in [0.25, 0.3) is 0 Å². The quantitative estimate of drug-likeness (QED) is 0.867. The molecule has 0 aliphatic heterocycles. The zero-order valence-corrected chi connectivity index (χ0v) is 13.8. The lowest BCUT2D eigenvalue weighted by molar-refractivity contribution is 0.335. The van der Waals surface area contributed by atoms with Crippen LogP contribution in [-0.2, 0) is 0 Å². The molecule has 110 valence electrons. The van der Waals surface area contributed by atoms with Crippen LogP contribution < -0.4 is 10.6 Å². The first-order chi connectivity index (χ1) is 9.40. The Kier molecular flexibility index (Phi) is 4.63. The monoisotopic (exact) mass is 291 g/mol. The topological polar surface area (TPSA) is 42.1 Å². The van der Waals surface area contributed by atoms with E-state index >= 15 is 0 Å². The summed E-state index contributed by atoms with van der Waals surface area (Å²) in [5, 5.41) is 0. The number of nitrogens with two attached hydrogens (primary N) is 1. The third kappa shape index (κ3) is 3.11. The van der Waals surface area contributed by atoms with Crippen molar-refractivity contribution >= 4 is 23.0 Å². The standard InChI is InChI=1S/C16H25N3S/c1-10-6-5-7-13(8-10)19(4)16-14(15(17)20)11(2)9-12(3)18-16/h9-10,13H,5-8H2,1-4H3,(H2,17,20). The molecule has 0 radical (unpaired) electrons. The molecule has 1 saturated carbocycles. The molecule has 4 heteroatoms. The van der Waals surface area contributed by atoms with Crippen LogP contribution in [0.5, 0.6) is 0 Å². The normalized spacial score (nSPS) is 22.6. The predicted octanol–water partition coefficient (Wildman–Crippen LogP) is 3.35. The summed E-state index contributed by atoms with van der Waals surface area (Å²) in [6, 6.07) is 2.59. The van der Waals surface area contributed by atoms with Crippen molar-refractivity contribution in [2.45, 2.75) is 52.5 Å². The molecule has 1 aromatic heterocycles. The van der Waals surface area contributed by atoms with Gasteiger partial charge in [-0.2, -0.15) is 0 Å². The van der Waals surface area contributed by atoms with Gasteiger partial charge in [-0.15, -0.1) is 0 Å². The van der Waals surface area contributed by atoms with Crippen molar-refractivity contribution in [3.05, 3.63) is 22.9 Å². The Bertz CT molecular complexity index is 513. The molecular weight excluding hydrogens is 266 g/mol. The highest BCUT2D eigenvalue weighted by atomic mass is 32.1. The minimum atomic E-state index is 0.445. The van der Waals surface area contributed by atoms with Gasteiger partial charge in [0.15, 0.2) is 0 Å². The van der Waals surface area contributed by atoms with Crippen LogP contribution in [0.1, 0.15) is 49.4 Å². The lowest BCUT2D eigenvalue weighted by Crippen LogP contribution is -2.37. The summed E-state index contributed by atoms with van der Waals surface area (Å²) in [6.07, 6.45) is 5.09. The Morgan fingerprint density at radius 3 is 2.70 bits per heavy atom. The van der Waals surface area contributed by atoms with Crippen molar-refractivity contribution in [2.24, 2.45) is 11.7 Å². The lowest BCUT2D eigenvalue weighted by Gasteiger charge is -2.36. The Morgan fingerprint density at radius 2 is 2.10 bits per heavy atom. The largest absolute Gasteiger partial charge is 0.389 e. The zero-order chi connectivity index (χ0) is 14.9. The van der Waals surface area contributed by atoms with Gasteiger partial charge in [0.25, 0.3) is 0 Å². The van der Waals surface area contributed by atoms with E-state index in [0.29, 0.717) is 11.0 Å². The van der Waals surface area contributed by atoms with E-state index in [-0.39, 0.29) is 0 Å². The van der Waals surface area contributed by atoms with Crippen molar-refractivity contribution in [3.8, 4) is 0 Å². The van der Waals surface area contributed by atoms with E-state index in [1.807, 2.05) is 6.92 Å². The molecule has 1 aliphatic rings. The van der Waals surface area contributed by atoms with Crippen LogP contribution in [0.2, 0.25) is 0 Å². The van der Waals surface area contributed by atoms with Crippen molar-refractivity contribution in [2.75, 3.05) is 11.9 Å². The second-order valence-corrected chi connectivity index (χ2v) is 6.62. The van der Waals surface area contributed by atoms with Gasteiger partial charge in [0.1, 0.15) is 10.8 Å². The minimum absolute atomic E-state index is 0.445. The molecule has 1 aromatic rings. The third-order valence-electron chi connectivity index (χ3n) is 4.36. The van der Waals surface area contributed by atoms with Gasteiger partial charge in [-0.1, -0.05) is 32.0 Å². The Balaban J connectivity index is 2.37. The lowest BCUT2D eigenvalue weighted by atomic mass is 9.86. The fraction of sp³-hybridized carbons (Fsp3) is 0.625. The van der Waals surface area contributed by atoms with E-state index in [4.69, 9.17) is 22.9 Å². The molecule has 0 saturated heterocycles. The van der Waals surface area contributed by atoms with Gasteiger partial charge in [-0.3, -0.25) is 0 Å². The van der Waals surface area contributed by atoms with Gasteiger partial charge in [-0.05, 0) is 44.2 Å². The van der Waals surface area contributed by atoms with Crippen molar-refractivity contribution in [3.63, 3.8) is 0 Å². The molecule has 2 rings (SSSR count). The molecule has 3 nitrogen and oxygen atoms in total. The first kappa shape index (κ1) is 15.2. The van der Waals surface area contributed by atoms with E-state index in [0.717, 1.165) is 28.6 Å². The van der Waals surface area contributed by atoms with Crippen LogP contribution in [0, 0.1) is 19.8 Å². The van der Waals surface area contributed by atoms with Crippen molar-refractivity contribution in [1.29, 1.82) is 0 Å². The Labute approximate surface area is 127 Å². The van der Waals surface area contributed by atoms with Gasteiger partial charge in [0.2, 0.25) is 0 Å². The van der Waals surface area contributed by atoms with Crippen LogP contribution in [0.4, 0.5) is 5.82 Å². The van der Waals surface area contributed by atoms with Crippen LogP contribution in [-0.4, -0.2) is 23.1 Å². The number of anilines is 1. The second-order valence-electron chi connectivity index (χ2n) is 6.18. The summed E-state index contributed by atoms with van der Waals surface area (Å²) in [6.45, 7) is 6.42. The minimum Gasteiger partial charge on any atom is -0.389 e. The van der Waals surface area contributed by atoms with E-state index in [1.54, 1.807) is 0 Å². The number of aromatic nitrogens is 1. The number of hydrogen-bond acceptors (Lipinski definition) is 3. The van der Waals surface area contributed by atoms with Gasteiger partial charge in [0.05, 0.1) is 5.56 Å². The molecule has 1 aliphatic carbocycles. The maximum atomic E-state index is 5.92.